The molecule has 0 bridgehead atoms. The number of para-hydroxylation sites is 1. The van der Waals surface area contributed by atoms with E-state index in [-0.39, 0.29) is 0 Å². The summed E-state index contributed by atoms with van der Waals surface area (Å²) in [6.45, 7) is 0. The van der Waals surface area contributed by atoms with Gasteiger partial charge in [-0.15, -0.1) is 0 Å². The van der Waals surface area contributed by atoms with Crippen LogP contribution in [0, 0.1) is 5.92 Å². The molecule has 3 N–H and O–H groups in total. The monoisotopic (exact) mass is 280 g/mol. The van der Waals surface area contributed by atoms with Crippen molar-refractivity contribution < 1.29 is 4.74 Å². The Labute approximate surface area is 120 Å². The van der Waals surface area contributed by atoms with Crippen molar-refractivity contribution in [3.8, 4) is 5.75 Å². The van der Waals surface area contributed by atoms with Crippen LogP contribution in [0.15, 0.2) is 24.3 Å². The van der Waals surface area contributed by atoms with Crippen molar-refractivity contribution in [1.82, 2.24) is 5.43 Å². The molecule has 0 aliphatic carbocycles. The van der Waals surface area contributed by atoms with Crippen LogP contribution in [0.25, 0.3) is 0 Å². The highest BCUT2D eigenvalue weighted by molar-refractivity contribution is 7.99. The summed E-state index contributed by atoms with van der Waals surface area (Å²) in [6.07, 6.45) is 4.75. The molecule has 0 radical (unpaired) electrons. The van der Waals surface area contributed by atoms with Crippen LogP contribution in [0.3, 0.4) is 0 Å². The van der Waals surface area contributed by atoms with E-state index in [1.54, 1.807) is 7.11 Å². The Morgan fingerprint density at radius 3 is 2.79 bits per heavy atom. The van der Waals surface area contributed by atoms with Gasteiger partial charge in [0.05, 0.1) is 7.11 Å². The average molecular weight is 280 g/mol. The molecule has 4 heteroatoms. The molecule has 1 fully saturated rings. The first kappa shape index (κ1) is 14.7. The number of ether oxygens (including phenoxy) is 1. The number of rotatable bonds is 6. The van der Waals surface area contributed by atoms with Gasteiger partial charge >= 0.3 is 0 Å². The molecule has 106 valence electrons. The van der Waals surface area contributed by atoms with Gasteiger partial charge in [-0.05, 0) is 54.7 Å². The van der Waals surface area contributed by atoms with Gasteiger partial charge < -0.3 is 4.74 Å². The second-order valence-electron chi connectivity index (χ2n) is 5.17. The minimum atomic E-state index is 0.337. The van der Waals surface area contributed by atoms with Crippen LogP contribution in [0.5, 0.6) is 5.75 Å². The number of nitrogens with two attached hydrogens (primary N) is 1. The molecule has 1 aromatic rings. The third-order valence-corrected chi connectivity index (χ3v) is 4.90. The van der Waals surface area contributed by atoms with Crippen molar-refractivity contribution in [2.45, 2.75) is 31.7 Å². The fourth-order valence-electron chi connectivity index (χ4n) is 2.73. The zero-order valence-electron chi connectivity index (χ0n) is 11.6. The molecule has 1 atom stereocenters. The second-order valence-corrected chi connectivity index (χ2v) is 6.40. The summed E-state index contributed by atoms with van der Waals surface area (Å²) in [5.74, 6) is 10.1. The molecule has 2 rings (SSSR count). The molecule has 1 saturated heterocycles. The van der Waals surface area contributed by atoms with Gasteiger partial charge in [-0.3, -0.25) is 11.3 Å². The first-order valence-corrected chi connectivity index (χ1v) is 8.14. The maximum absolute atomic E-state index is 5.73. The Morgan fingerprint density at radius 1 is 1.37 bits per heavy atom. The number of thioether (sulfide) groups is 1. The topological polar surface area (TPSA) is 47.3 Å². The Morgan fingerprint density at radius 2 is 2.11 bits per heavy atom. The van der Waals surface area contributed by atoms with Gasteiger partial charge in [-0.2, -0.15) is 11.8 Å². The molecular formula is C15H24N2OS. The van der Waals surface area contributed by atoms with Crippen LogP contribution in [0.1, 0.15) is 24.8 Å². The lowest BCUT2D eigenvalue weighted by Gasteiger charge is -2.26. The minimum Gasteiger partial charge on any atom is -0.496 e. The highest BCUT2D eigenvalue weighted by Crippen LogP contribution is 2.28. The Balaban J connectivity index is 1.94. The highest BCUT2D eigenvalue weighted by Gasteiger charge is 2.19. The first-order chi connectivity index (χ1) is 9.33. The van der Waals surface area contributed by atoms with Crippen molar-refractivity contribution in [2.75, 3.05) is 18.6 Å². The standard InChI is InChI=1S/C15H24N2OS/c1-18-15-5-3-2-4-13(15)11-14(17-16)10-12-6-8-19-9-7-12/h2-5,12,14,17H,6-11,16H2,1H3. The van der Waals surface area contributed by atoms with Crippen molar-refractivity contribution in [3.05, 3.63) is 29.8 Å². The molecular weight excluding hydrogens is 256 g/mol. The van der Waals surface area contributed by atoms with E-state index in [1.807, 2.05) is 12.1 Å². The highest BCUT2D eigenvalue weighted by atomic mass is 32.2. The van der Waals surface area contributed by atoms with E-state index >= 15 is 0 Å². The number of hydrogen-bond acceptors (Lipinski definition) is 4. The van der Waals surface area contributed by atoms with Crippen molar-refractivity contribution >= 4 is 11.8 Å². The van der Waals surface area contributed by atoms with Gasteiger partial charge in [0.15, 0.2) is 0 Å². The van der Waals surface area contributed by atoms with Crippen LogP contribution >= 0.6 is 11.8 Å². The van der Waals surface area contributed by atoms with E-state index in [0.717, 1.165) is 24.5 Å². The Kier molecular flexibility index (Phi) is 6.01. The quantitative estimate of drug-likeness (QED) is 0.621. The van der Waals surface area contributed by atoms with Gasteiger partial charge in [0.1, 0.15) is 5.75 Å². The van der Waals surface area contributed by atoms with Gasteiger partial charge in [0, 0.05) is 6.04 Å². The fourth-order valence-corrected chi connectivity index (χ4v) is 3.94. The predicted octanol–water partition coefficient (Wildman–Crippen LogP) is 2.60. The number of methoxy groups -OCH3 is 1. The SMILES string of the molecule is COc1ccccc1CC(CC1CCSCC1)NN. The van der Waals surface area contributed by atoms with E-state index in [0.29, 0.717) is 6.04 Å². The summed E-state index contributed by atoms with van der Waals surface area (Å²) in [5.41, 5.74) is 4.22. The van der Waals surface area contributed by atoms with Crippen LogP contribution in [0.2, 0.25) is 0 Å². The summed E-state index contributed by atoms with van der Waals surface area (Å²) in [7, 11) is 1.72. The number of nitrogens with one attached hydrogen (secondary N) is 1. The molecule has 3 nitrogen and oxygen atoms in total. The van der Waals surface area contributed by atoms with Gasteiger partial charge in [0.25, 0.3) is 0 Å². The smallest absolute Gasteiger partial charge is 0.122 e. The summed E-state index contributed by atoms with van der Waals surface area (Å²) in [6, 6.07) is 8.54. The van der Waals surface area contributed by atoms with Crippen molar-refractivity contribution in [1.29, 1.82) is 0 Å². The largest absolute Gasteiger partial charge is 0.496 e. The van der Waals surface area contributed by atoms with Crippen molar-refractivity contribution in [3.63, 3.8) is 0 Å². The van der Waals surface area contributed by atoms with Crippen LogP contribution in [0.4, 0.5) is 0 Å². The maximum atomic E-state index is 5.73. The van der Waals surface area contributed by atoms with Crippen LogP contribution < -0.4 is 16.0 Å². The molecule has 1 aliphatic rings. The van der Waals surface area contributed by atoms with Crippen LogP contribution in [-0.4, -0.2) is 24.7 Å². The molecule has 19 heavy (non-hydrogen) atoms. The van der Waals surface area contributed by atoms with E-state index in [2.05, 4.69) is 29.3 Å². The Hall–Kier alpha value is -0.710. The lowest BCUT2D eigenvalue weighted by Crippen LogP contribution is -2.38. The third kappa shape index (κ3) is 4.41. The maximum Gasteiger partial charge on any atom is 0.122 e. The number of benzene rings is 1. The molecule has 0 spiro atoms. The van der Waals surface area contributed by atoms with Gasteiger partial charge in [-0.1, -0.05) is 18.2 Å². The average Bonchev–Trinajstić information content (AvgIpc) is 2.48. The molecule has 0 aromatic heterocycles. The van der Waals surface area contributed by atoms with E-state index in [4.69, 9.17) is 10.6 Å². The van der Waals surface area contributed by atoms with E-state index < -0.39 is 0 Å². The molecule has 1 heterocycles. The van der Waals surface area contributed by atoms with Crippen molar-refractivity contribution in [2.24, 2.45) is 11.8 Å². The first-order valence-electron chi connectivity index (χ1n) is 6.99. The number of hydrogen-bond donors (Lipinski definition) is 2. The van der Waals surface area contributed by atoms with Crippen LogP contribution in [-0.2, 0) is 6.42 Å². The summed E-state index contributed by atoms with van der Waals surface area (Å²) < 4.78 is 5.41. The summed E-state index contributed by atoms with van der Waals surface area (Å²) in [5, 5.41) is 0. The molecule has 0 amide bonds. The number of hydrazine groups is 1. The zero-order chi connectivity index (χ0) is 13.5. The summed E-state index contributed by atoms with van der Waals surface area (Å²) in [4.78, 5) is 0. The minimum absolute atomic E-state index is 0.337. The molecule has 1 aliphatic heterocycles. The predicted molar refractivity (Wildman–Crippen MR) is 82.5 cm³/mol. The van der Waals surface area contributed by atoms with E-state index in [9.17, 15) is 0 Å². The lowest BCUT2D eigenvalue weighted by atomic mass is 9.91. The zero-order valence-corrected chi connectivity index (χ0v) is 12.4. The lowest BCUT2D eigenvalue weighted by molar-refractivity contribution is 0.359. The molecule has 0 saturated carbocycles. The molecule has 1 aromatic carbocycles. The van der Waals surface area contributed by atoms with Gasteiger partial charge in [0.2, 0.25) is 0 Å². The normalized spacial score (nSPS) is 18.2. The summed E-state index contributed by atoms with van der Waals surface area (Å²) >= 11 is 2.07. The third-order valence-electron chi connectivity index (χ3n) is 3.85. The Bertz CT molecular complexity index is 380. The van der Waals surface area contributed by atoms with E-state index in [1.165, 1.54) is 29.9 Å². The van der Waals surface area contributed by atoms with Gasteiger partial charge in [-0.25, -0.2) is 0 Å². The second kappa shape index (κ2) is 7.78. The fraction of sp³-hybridized carbons (Fsp3) is 0.600. The molecule has 1 unspecified atom stereocenters.